The molecule has 0 spiro atoms. The summed E-state index contributed by atoms with van der Waals surface area (Å²) in [5.74, 6) is 5.12. The molecule has 4 aromatic rings. The largest absolute Gasteiger partial charge is 0.481 e. The Balaban J connectivity index is 1.50. The molecule has 2 heterocycles. The number of rotatable bonds is 5. The Morgan fingerprint density at radius 3 is 2.79 bits per heavy atom. The second-order valence-corrected chi connectivity index (χ2v) is 7.99. The summed E-state index contributed by atoms with van der Waals surface area (Å²) in [6.45, 7) is 3.40. The lowest BCUT2D eigenvalue weighted by Crippen LogP contribution is -2.17. The number of aryl methyl sites for hydroxylation is 1. The van der Waals surface area contributed by atoms with Gasteiger partial charge in [-0.05, 0) is 49.4 Å². The van der Waals surface area contributed by atoms with Gasteiger partial charge in [-0.2, -0.15) is 0 Å². The van der Waals surface area contributed by atoms with Crippen molar-refractivity contribution in [2.24, 2.45) is 0 Å². The molecule has 2 aromatic heterocycles. The smallest absolute Gasteiger partial charge is 0.412 e. The molecule has 2 aromatic carbocycles. The third kappa shape index (κ3) is 5.22. The lowest BCUT2D eigenvalue weighted by Gasteiger charge is -2.15. The van der Waals surface area contributed by atoms with Crippen LogP contribution in [0.5, 0.6) is 0 Å². The van der Waals surface area contributed by atoms with E-state index in [2.05, 4.69) is 27.3 Å². The van der Waals surface area contributed by atoms with E-state index in [4.69, 9.17) is 26.0 Å². The predicted octanol–water partition coefficient (Wildman–Crippen LogP) is 5.45. The van der Waals surface area contributed by atoms with Crippen LogP contribution in [-0.4, -0.2) is 27.3 Å². The zero-order valence-electron chi connectivity index (χ0n) is 18.3. The molecule has 0 bridgehead atoms. The number of carboxylic acids is 1. The van der Waals surface area contributed by atoms with Crippen molar-refractivity contribution in [2.45, 2.75) is 26.4 Å². The number of amides is 1. The van der Waals surface area contributed by atoms with E-state index in [1.807, 2.05) is 24.3 Å². The van der Waals surface area contributed by atoms with Crippen molar-refractivity contribution < 1.29 is 24.0 Å². The molecule has 9 heteroatoms. The van der Waals surface area contributed by atoms with E-state index >= 15 is 0 Å². The van der Waals surface area contributed by atoms with Crippen LogP contribution in [0, 0.1) is 18.8 Å². The van der Waals surface area contributed by atoms with Crippen molar-refractivity contribution in [3.63, 3.8) is 0 Å². The number of anilines is 1. The molecule has 1 amide bonds. The molecule has 0 radical (unpaired) electrons. The summed E-state index contributed by atoms with van der Waals surface area (Å²) >= 11 is 6.17. The summed E-state index contributed by atoms with van der Waals surface area (Å²) < 4.78 is 10.7. The topological polar surface area (TPSA) is 117 Å². The zero-order chi connectivity index (χ0) is 24.2. The fraction of sp³-hybridized carbons (Fsp3) is 0.160. The van der Waals surface area contributed by atoms with Crippen LogP contribution in [0.15, 0.2) is 53.1 Å². The monoisotopic (exact) mass is 477 g/mol. The maximum absolute atomic E-state index is 12.5. The van der Waals surface area contributed by atoms with Gasteiger partial charge in [-0.1, -0.05) is 46.9 Å². The van der Waals surface area contributed by atoms with Crippen molar-refractivity contribution >= 4 is 40.3 Å². The van der Waals surface area contributed by atoms with E-state index in [0.29, 0.717) is 33.2 Å². The Labute approximate surface area is 199 Å². The number of nitrogens with one attached hydrogen (secondary N) is 2. The predicted molar refractivity (Wildman–Crippen MR) is 127 cm³/mol. The highest BCUT2D eigenvalue weighted by Crippen LogP contribution is 2.26. The number of carbonyl (C=O) groups excluding carboxylic acids is 1. The quantitative estimate of drug-likeness (QED) is 0.329. The molecular formula is C25H20ClN3O5. The average molecular weight is 478 g/mol. The lowest BCUT2D eigenvalue weighted by molar-refractivity contribution is -0.136. The number of carbonyl (C=O) groups is 2. The highest BCUT2D eigenvalue weighted by molar-refractivity contribution is 6.31. The van der Waals surface area contributed by atoms with E-state index in [-0.39, 0.29) is 12.2 Å². The normalized spacial score (nSPS) is 11.5. The fourth-order valence-electron chi connectivity index (χ4n) is 3.41. The van der Waals surface area contributed by atoms with Crippen LogP contribution in [0.25, 0.3) is 10.9 Å². The van der Waals surface area contributed by atoms with Crippen LogP contribution in [0.1, 0.15) is 41.3 Å². The number of carboxylic acid groups (broad SMARTS) is 1. The van der Waals surface area contributed by atoms with Crippen LogP contribution < -0.4 is 5.32 Å². The van der Waals surface area contributed by atoms with Gasteiger partial charge in [0.25, 0.3) is 0 Å². The molecule has 0 saturated heterocycles. The minimum absolute atomic E-state index is 0.0900. The van der Waals surface area contributed by atoms with Gasteiger partial charge in [0.1, 0.15) is 17.5 Å². The molecular weight excluding hydrogens is 458 g/mol. The first kappa shape index (κ1) is 23.0. The molecule has 0 aliphatic carbocycles. The molecule has 1 atom stereocenters. The number of fused-ring (bicyclic) bond motifs is 1. The van der Waals surface area contributed by atoms with Crippen LogP contribution >= 0.6 is 11.6 Å². The summed E-state index contributed by atoms with van der Waals surface area (Å²) in [5, 5.41) is 16.9. The number of hydrogen-bond donors (Lipinski definition) is 3. The van der Waals surface area contributed by atoms with Crippen LogP contribution in [-0.2, 0) is 16.0 Å². The number of nitrogens with zero attached hydrogens (tertiary/aromatic N) is 1. The van der Waals surface area contributed by atoms with Gasteiger partial charge in [-0.25, -0.2) is 4.79 Å². The van der Waals surface area contributed by atoms with E-state index < -0.39 is 18.2 Å². The minimum Gasteiger partial charge on any atom is -0.481 e. The van der Waals surface area contributed by atoms with Gasteiger partial charge in [-0.3, -0.25) is 10.1 Å². The first-order valence-electron chi connectivity index (χ1n) is 10.3. The first-order chi connectivity index (χ1) is 16.3. The zero-order valence-corrected chi connectivity index (χ0v) is 19.1. The third-order valence-electron chi connectivity index (χ3n) is 5.06. The van der Waals surface area contributed by atoms with Crippen molar-refractivity contribution in [3.05, 3.63) is 81.8 Å². The maximum atomic E-state index is 12.5. The third-order valence-corrected chi connectivity index (χ3v) is 5.40. The summed E-state index contributed by atoms with van der Waals surface area (Å²) in [7, 11) is 0. The Morgan fingerprint density at radius 2 is 2.03 bits per heavy atom. The SMILES string of the molecule is Cc1noc(C#Cc2ccc3cc(CC(=O)O)[nH]c3c2)c1NC(=O)OC(C)c1ccccc1Cl. The molecule has 172 valence electrons. The minimum atomic E-state index is -0.910. The summed E-state index contributed by atoms with van der Waals surface area (Å²) in [4.78, 5) is 26.5. The molecule has 1 unspecified atom stereocenters. The molecule has 0 saturated carbocycles. The summed E-state index contributed by atoms with van der Waals surface area (Å²) in [6.07, 6.45) is -1.35. The second-order valence-electron chi connectivity index (χ2n) is 7.58. The molecule has 0 aliphatic rings. The number of benzene rings is 2. The number of aromatic amines is 1. The van der Waals surface area contributed by atoms with Gasteiger partial charge in [0.05, 0.1) is 6.42 Å². The number of hydrogen-bond acceptors (Lipinski definition) is 5. The van der Waals surface area contributed by atoms with E-state index in [1.54, 1.807) is 38.1 Å². The van der Waals surface area contributed by atoms with Gasteiger partial charge in [0, 0.05) is 27.4 Å². The van der Waals surface area contributed by atoms with Crippen molar-refractivity contribution in [1.82, 2.24) is 10.1 Å². The standard InChI is InChI=1S/C25H20ClN3O5/c1-14-24(28-25(32)33-15(2)19-5-3-4-6-20(19)26)22(34-29-14)10-8-16-7-9-17-12-18(13-23(30)31)27-21(17)11-16/h3-7,9,11-12,15,27H,13H2,1-2H3,(H,28,32)(H,30,31). The number of H-pyrrole nitrogens is 1. The Kier molecular flexibility index (Phi) is 6.57. The van der Waals surface area contributed by atoms with E-state index in [9.17, 15) is 9.59 Å². The van der Waals surface area contributed by atoms with Gasteiger partial charge >= 0.3 is 12.1 Å². The van der Waals surface area contributed by atoms with Gasteiger partial charge in [0.15, 0.2) is 0 Å². The summed E-state index contributed by atoms with van der Waals surface area (Å²) in [6, 6.07) is 14.4. The van der Waals surface area contributed by atoms with Crippen molar-refractivity contribution in [2.75, 3.05) is 5.32 Å². The van der Waals surface area contributed by atoms with Gasteiger partial charge in [0.2, 0.25) is 5.76 Å². The Morgan fingerprint density at radius 1 is 1.24 bits per heavy atom. The maximum Gasteiger partial charge on any atom is 0.412 e. The highest BCUT2D eigenvalue weighted by atomic mass is 35.5. The van der Waals surface area contributed by atoms with Crippen molar-refractivity contribution in [1.29, 1.82) is 0 Å². The van der Waals surface area contributed by atoms with Crippen LogP contribution in [0.2, 0.25) is 5.02 Å². The molecule has 3 N–H and O–H groups in total. The molecule has 0 aliphatic heterocycles. The Bertz CT molecular complexity index is 1440. The van der Waals surface area contributed by atoms with E-state index in [0.717, 1.165) is 10.9 Å². The average Bonchev–Trinajstić information content (AvgIpc) is 3.34. The van der Waals surface area contributed by atoms with Gasteiger partial charge < -0.3 is 19.4 Å². The first-order valence-corrected chi connectivity index (χ1v) is 10.7. The van der Waals surface area contributed by atoms with Crippen molar-refractivity contribution in [3.8, 4) is 11.8 Å². The molecule has 0 fully saturated rings. The van der Waals surface area contributed by atoms with E-state index in [1.165, 1.54) is 0 Å². The number of aliphatic carboxylic acids is 1. The Hall–Kier alpha value is -4.22. The molecule has 8 nitrogen and oxygen atoms in total. The lowest BCUT2D eigenvalue weighted by atomic mass is 10.1. The number of aromatic nitrogens is 2. The highest BCUT2D eigenvalue weighted by Gasteiger charge is 2.19. The summed E-state index contributed by atoms with van der Waals surface area (Å²) in [5.41, 5.74) is 3.50. The number of halogens is 1. The van der Waals surface area contributed by atoms with Crippen LogP contribution in [0.4, 0.5) is 10.5 Å². The van der Waals surface area contributed by atoms with Gasteiger partial charge in [-0.15, -0.1) is 0 Å². The molecule has 34 heavy (non-hydrogen) atoms. The fourth-order valence-corrected chi connectivity index (χ4v) is 3.70. The second kappa shape index (κ2) is 9.73. The van der Waals surface area contributed by atoms with Crippen LogP contribution in [0.3, 0.4) is 0 Å². The number of ether oxygens (including phenoxy) is 1. The molecule has 4 rings (SSSR count).